The summed E-state index contributed by atoms with van der Waals surface area (Å²) < 4.78 is 28.0. The average Bonchev–Trinajstić information content (AvgIpc) is 2.99. The highest BCUT2D eigenvalue weighted by atomic mass is 35.5. The summed E-state index contributed by atoms with van der Waals surface area (Å²) in [5, 5.41) is 1.60. The first-order chi connectivity index (χ1) is 12.8. The monoisotopic (exact) mass is 403 g/mol. The van der Waals surface area contributed by atoms with E-state index in [1.165, 1.54) is 23.4 Å². The Morgan fingerprint density at radius 1 is 1.15 bits per heavy atom. The Hall–Kier alpha value is -2.02. The Balaban J connectivity index is 1.67. The van der Waals surface area contributed by atoms with Crippen LogP contribution >= 0.6 is 11.6 Å². The van der Waals surface area contributed by atoms with Gasteiger partial charge >= 0.3 is 0 Å². The first-order valence-electron chi connectivity index (χ1n) is 8.92. The summed E-state index contributed by atoms with van der Waals surface area (Å²) >= 11 is 5.85. The summed E-state index contributed by atoms with van der Waals surface area (Å²) in [6, 6.07) is 12.3. The number of rotatable bonds is 4. The van der Waals surface area contributed by atoms with Crippen molar-refractivity contribution in [3.05, 3.63) is 58.7 Å². The molecule has 0 saturated carbocycles. The quantitative estimate of drug-likeness (QED) is 0.690. The summed E-state index contributed by atoms with van der Waals surface area (Å²) in [5.74, 6) is 0. The van der Waals surface area contributed by atoms with Crippen molar-refractivity contribution in [2.24, 2.45) is 0 Å². The molecule has 5 nitrogen and oxygen atoms in total. The molecule has 27 heavy (non-hydrogen) atoms. The molecule has 2 aromatic carbocycles. The van der Waals surface area contributed by atoms with Crippen molar-refractivity contribution in [1.29, 1.82) is 0 Å². The molecule has 2 N–H and O–H groups in total. The van der Waals surface area contributed by atoms with Gasteiger partial charge in [-0.3, -0.25) is 4.72 Å². The number of aromatic nitrogens is 1. The van der Waals surface area contributed by atoms with Gasteiger partial charge in [0.05, 0.1) is 4.90 Å². The molecule has 0 aliphatic heterocycles. The SMILES string of the molecule is CN(C)C1CCc2[nH]c3ccc(NS(=O)(=O)c4ccc(Cl)cc4)cc3c2C1. The summed E-state index contributed by atoms with van der Waals surface area (Å²) in [4.78, 5) is 5.94. The van der Waals surface area contributed by atoms with Crippen molar-refractivity contribution < 1.29 is 8.42 Å². The normalized spacial score (nSPS) is 17.3. The number of anilines is 1. The second kappa shape index (κ2) is 6.86. The fraction of sp³-hybridized carbons (Fsp3) is 0.300. The van der Waals surface area contributed by atoms with Crippen LogP contribution < -0.4 is 4.72 Å². The molecule has 3 aromatic rings. The number of halogens is 1. The number of hydrogen-bond acceptors (Lipinski definition) is 3. The Morgan fingerprint density at radius 3 is 2.59 bits per heavy atom. The lowest BCUT2D eigenvalue weighted by molar-refractivity contribution is 0.268. The highest BCUT2D eigenvalue weighted by molar-refractivity contribution is 7.92. The van der Waals surface area contributed by atoms with Gasteiger partial charge in [0.1, 0.15) is 0 Å². The molecule has 0 fully saturated rings. The second-order valence-electron chi connectivity index (χ2n) is 7.26. The molecule has 4 rings (SSSR count). The molecule has 0 saturated heterocycles. The summed E-state index contributed by atoms with van der Waals surface area (Å²) in [6.45, 7) is 0. The van der Waals surface area contributed by atoms with Gasteiger partial charge in [-0.15, -0.1) is 0 Å². The molecule has 142 valence electrons. The van der Waals surface area contributed by atoms with Gasteiger partial charge in [0.2, 0.25) is 0 Å². The van der Waals surface area contributed by atoms with Crippen LogP contribution in [0, 0.1) is 0 Å². The maximum atomic E-state index is 12.6. The summed E-state index contributed by atoms with van der Waals surface area (Å²) in [6.07, 6.45) is 3.11. The van der Waals surface area contributed by atoms with Crippen molar-refractivity contribution in [3.63, 3.8) is 0 Å². The van der Waals surface area contributed by atoms with Crippen LogP contribution in [0.3, 0.4) is 0 Å². The number of sulfonamides is 1. The average molecular weight is 404 g/mol. The summed E-state index contributed by atoms with van der Waals surface area (Å²) in [7, 11) is 0.560. The van der Waals surface area contributed by atoms with Crippen molar-refractivity contribution in [2.75, 3.05) is 18.8 Å². The number of nitrogens with zero attached hydrogens (tertiary/aromatic N) is 1. The lowest BCUT2D eigenvalue weighted by Crippen LogP contribution is -2.33. The predicted octanol–water partition coefficient (Wildman–Crippen LogP) is 4.04. The van der Waals surface area contributed by atoms with E-state index in [1.54, 1.807) is 18.2 Å². The maximum Gasteiger partial charge on any atom is 0.261 e. The lowest BCUT2D eigenvalue weighted by Gasteiger charge is -2.28. The van der Waals surface area contributed by atoms with Crippen LogP contribution in [0.4, 0.5) is 5.69 Å². The van der Waals surface area contributed by atoms with Gasteiger partial charge in [-0.1, -0.05) is 11.6 Å². The first-order valence-corrected chi connectivity index (χ1v) is 10.8. The van der Waals surface area contributed by atoms with E-state index in [1.807, 2.05) is 12.1 Å². The number of aromatic amines is 1. The number of nitrogens with one attached hydrogen (secondary N) is 2. The zero-order valence-electron chi connectivity index (χ0n) is 15.3. The van der Waals surface area contributed by atoms with E-state index in [2.05, 4.69) is 28.7 Å². The molecule has 1 aliphatic carbocycles. The number of benzene rings is 2. The minimum absolute atomic E-state index is 0.191. The molecular formula is C20H22ClN3O2S. The molecule has 0 bridgehead atoms. The van der Waals surface area contributed by atoms with Gasteiger partial charge in [0.15, 0.2) is 0 Å². The molecule has 0 spiro atoms. The fourth-order valence-electron chi connectivity index (χ4n) is 3.73. The van der Waals surface area contributed by atoms with E-state index in [0.717, 1.165) is 30.2 Å². The van der Waals surface area contributed by atoms with Crippen LogP contribution in [0.25, 0.3) is 10.9 Å². The van der Waals surface area contributed by atoms with Gasteiger partial charge in [-0.05, 0) is 81.4 Å². The number of aryl methyl sites for hydroxylation is 1. The van der Waals surface area contributed by atoms with Crippen molar-refractivity contribution in [1.82, 2.24) is 9.88 Å². The fourth-order valence-corrected chi connectivity index (χ4v) is 4.91. The first kappa shape index (κ1) is 18.3. The van der Waals surface area contributed by atoms with Crippen LogP contribution in [0.15, 0.2) is 47.4 Å². The summed E-state index contributed by atoms with van der Waals surface area (Å²) in [5.41, 5.74) is 4.17. The van der Waals surface area contributed by atoms with Crippen molar-refractivity contribution in [3.8, 4) is 0 Å². The predicted molar refractivity (Wildman–Crippen MR) is 110 cm³/mol. The smallest absolute Gasteiger partial charge is 0.261 e. The Bertz CT molecular complexity index is 1090. The van der Waals surface area contributed by atoms with Crippen LogP contribution in [0.5, 0.6) is 0 Å². The standard InChI is InChI=1S/C20H22ClN3O2S/c1-24(2)15-6-10-20-18(12-15)17-11-14(5-9-19(17)22-20)23-27(25,26)16-7-3-13(21)4-8-16/h3-5,7-9,11,15,22-23H,6,10,12H2,1-2H3. The van der Waals surface area contributed by atoms with Crippen LogP contribution in [0.2, 0.25) is 5.02 Å². The highest BCUT2D eigenvalue weighted by Gasteiger charge is 2.24. The lowest BCUT2D eigenvalue weighted by atomic mass is 9.91. The van der Waals surface area contributed by atoms with Gasteiger partial charge < -0.3 is 9.88 Å². The van der Waals surface area contributed by atoms with E-state index in [9.17, 15) is 8.42 Å². The third-order valence-corrected chi connectivity index (χ3v) is 6.92. The minimum atomic E-state index is -3.65. The molecule has 1 aliphatic rings. The third-order valence-electron chi connectivity index (χ3n) is 5.27. The van der Waals surface area contributed by atoms with E-state index < -0.39 is 10.0 Å². The number of hydrogen-bond donors (Lipinski definition) is 2. The molecule has 0 radical (unpaired) electrons. The molecule has 0 amide bonds. The van der Waals surface area contributed by atoms with Crippen molar-refractivity contribution >= 4 is 38.2 Å². The minimum Gasteiger partial charge on any atom is -0.358 e. The second-order valence-corrected chi connectivity index (χ2v) is 9.38. The van der Waals surface area contributed by atoms with Crippen LogP contribution in [0.1, 0.15) is 17.7 Å². The molecule has 1 atom stereocenters. The molecule has 7 heteroatoms. The van der Waals surface area contributed by atoms with Crippen molar-refractivity contribution in [2.45, 2.75) is 30.2 Å². The van der Waals surface area contributed by atoms with Gasteiger partial charge in [-0.2, -0.15) is 0 Å². The van der Waals surface area contributed by atoms with E-state index in [4.69, 9.17) is 11.6 Å². The van der Waals surface area contributed by atoms with Gasteiger partial charge in [0, 0.05) is 33.3 Å². The van der Waals surface area contributed by atoms with E-state index in [-0.39, 0.29) is 4.90 Å². The van der Waals surface area contributed by atoms with Gasteiger partial charge in [-0.25, -0.2) is 8.42 Å². The molecule has 1 unspecified atom stereocenters. The largest absolute Gasteiger partial charge is 0.358 e. The van der Waals surface area contributed by atoms with Gasteiger partial charge in [0.25, 0.3) is 10.0 Å². The van der Waals surface area contributed by atoms with E-state index >= 15 is 0 Å². The highest BCUT2D eigenvalue weighted by Crippen LogP contribution is 2.32. The third kappa shape index (κ3) is 3.57. The molecule has 1 heterocycles. The van der Waals surface area contributed by atoms with E-state index in [0.29, 0.717) is 16.8 Å². The Morgan fingerprint density at radius 2 is 1.89 bits per heavy atom. The molecule has 1 aromatic heterocycles. The van der Waals surface area contributed by atoms with Crippen LogP contribution in [-0.4, -0.2) is 38.4 Å². The Labute approximate surface area is 164 Å². The van der Waals surface area contributed by atoms with Crippen LogP contribution in [-0.2, 0) is 22.9 Å². The topological polar surface area (TPSA) is 65.2 Å². The molecular weight excluding hydrogens is 382 g/mol. The maximum absolute atomic E-state index is 12.6. The number of fused-ring (bicyclic) bond motifs is 3. The number of H-pyrrole nitrogens is 1. The Kier molecular flexibility index (Phi) is 4.66. The zero-order valence-corrected chi connectivity index (χ0v) is 16.9. The zero-order chi connectivity index (χ0) is 19.2. The number of likely N-dealkylation sites (N-methyl/N-ethyl adjacent to an activating group) is 1.